The Labute approximate surface area is 348 Å². The number of rotatable bonds is 4. The normalized spacial score (nSPS) is 15.7. The van der Waals surface area contributed by atoms with Crippen molar-refractivity contribution < 1.29 is 41.0 Å². The Bertz CT molecular complexity index is 3170. The van der Waals surface area contributed by atoms with Crippen LogP contribution in [0.4, 0.5) is 0 Å². The summed E-state index contributed by atoms with van der Waals surface area (Å²) in [6.45, 7) is -0.945. The summed E-state index contributed by atoms with van der Waals surface area (Å²) in [6, 6.07) is 36.0. The van der Waals surface area contributed by atoms with Crippen LogP contribution in [0.25, 0.3) is 76.8 Å². The van der Waals surface area contributed by atoms with Crippen molar-refractivity contribution >= 4 is 54.4 Å². The van der Waals surface area contributed by atoms with Crippen molar-refractivity contribution in [3.05, 3.63) is 155 Å². The molecule has 0 aliphatic carbocycles. The van der Waals surface area contributed by atoms with E-state index in [1.807, 2.05) is 24.3 Å². The minimum Gasteiger partial charge on any atom is -0.455 e. The van der Waals surface area contributed by atoms with Crippen LogP contribution in [-0.4, -0.2) is 9.97 Å². The second-order valence-corrected chi connectivity index (χ2v) is 14.0. The Morgan fingerprint density at radius 1 is 0.667 bits per heavy atom. The van der Waals surface area contributed by atoms with E-state index in [9.17, 15) is 0 Å². The summed E-state index contributed by atoms with van der Waals surface area (Å²) in [4.78, 5) is 8.66. The van der Waals surface area contributed by atoms with Gasteiger partial charge in [0.05, 0.1) is 0 Å². The predicted molar refractivity (Wildman–Crippen MR) is 224 cm³/mol. The van der Waals surface area contributed by atoms with Gasteiger partial charge in [0.1, 0.15) is 11.2 Å². The largest absolute Gasteiger partial charge is 0.455 e. The number of pyridine rings is 2. The molecule has 0 unspecified atom stereocenters. The Hall–Kier alpha value is -5.15. The van der Waals surface area contributed by atoms with Gasteiger partial charge < -0.3 is 14.4 Å². The van der Waals surface area contributed by atoms with E-state index in [0.717, 1.165) is 27.1 Å². The van der Waals surface area contributed by atoms with E-state index in [1.54, 1.807) is 18.2 Å². The molecule has 9 rings (SSSR count). The van der Waals surface area contributed by atoms with Crippen molar-refractivity contribution in [2.45, 2.75) is 66.9 Å². The topological polar surface area (TPSA) is 38.9 Å². The van der Waals surface area contributed by atoms with Crippen molar-refractivity contribution in [2.75, 3.05) is 0 Å². The molecule has 54 heavy (non-hydrogen) atoms. The van der Waals surface area contributed by atoms with E-state index in [-0.39, 0.29) is 47.7 Å². The van der Waals surface area contributed by atoms with Crippen LogP contribution in [0.5, 0.6) is 0 Å². The van der Waals surface area contributed by atoms with Crippen LogP contribution >= 0.6 is 0 Å². The van der Waals surface area contributed by atoms with E-state index in [0.29, 0.717) is 50.5 Å². The number of benzene rings is 6. The average Bonchev–Trinajstić information content (AvgIpc) is 3.63. The van der Waals surface area contributed by atoms with Gasteiger partial charge in [-0.3, -0.25) is 0 Å². The summed E-state index contributed by atoms with van der Waals surface area (Å²) < 4.78 is 101. The summed E-state index contributed by atoms with van der Waals surface area (Å²) in [6.07, 6.45) is 2.49. The zero-order valence-electron chi connectivity index (χ0n) is 42.2. The molecule has 0 amide bonds. The fraction of sp³-hybridized carbons (Fsp3) is 0.200. The molecule has 9 aromatic rings. The molecule has 0 atom stereocenters. The molecule has 3 nitrogen and oxygen atoms in total. The molecule has 0 saturated carbocycles. The Balaban J connectivity index is 0.000000260. The van der Waals surface area contributed by atoms with Gasteiger partial charge in [-0.2, -0.15) is 0 Å². The number of hydrogen-bond donors (Lipinski definition) is 0. The molecule has 0 N–H and O–H groups in total. The van der Waals surface area contributed by atoms with Crippen LogP contribution in [0, 0.1) is 39.5 Å². The van der Waals surface area contributed by atoms with E-state index in [2.05, 4.69) is 86.2 Å². The number of nitrogens with zero attached hydrogens (tertiary/aromatic N) is 2. The van der Waals surface area contributed by atoms with E-state index >= 15 is 0 Å². The third-order valence-corrected chi connectivity index (χ3v) is 9.87. The van der Waals surface area contributed by atoms with Gasteiger partial charge in [-0.1, -0.05) is 88.5 Å². The molecule has 6 aromatic carbocycles. The van der Waals surface area contributed by atoms with Gasteiger partial charge in [0.2, 0.25) is 0 Å². The van der Waals surface area contributed by atoms with Gasteiger partial charge in [-0.05, 0) is 105 Å². The van der Waals surface area contributed by atoms with E-state index in [1.165, 1.54) is 47.3 Å². The van der Waals surface area contributed by atoms with Gasteiger partial charge in [0, 0.05) is 65.1 Å². The average molecular weight is 893 g/mol. The molecule has 4 heteroatoms. The Morgan fingerprint density at radius 2 is 1.44 bits per heavy atom. The SMILES string of the molecule is [2H]C([2H])([2H])c1c[c-]c(-c2ccc(C([2H])([2H])[2H])cn2)cc1.[2H]C([2H])([2H])c1cnc2c3[c-]cccc3c3ccc4c5ccc(-c6c(C(C)C)cccc6C(C)C)cc5oc4c3c2c1C([2H])([2H])[2H].[Ir]. The molecule has 0 fully saturated rings. The predicted octanol–water partition coefficient (Wildman–Crippen LogP) is 13.9. The second kappa shape index (κ2) is 14.9. The maximum absolute atomic E-state index is 8.52. The van der Waals surface area contributed by atoms with Crippen LogP contribution in [-0.2, 0) is 20.1 Å². The number of aryl methyl sites for hydroxylation is 4. The minimum atomic E-state index is -2.73. The summed E-state index contributed by atoms with van der Waals surface area (Å²) in [7, 11) is 0. The number of hydrogen-bond acceptors (Lipinski definition) is 3. The number of furan rings is 1. The molecular weight excluding hydrogens is 837 g/mol. The third-order valence-electron chi connectivity index (χ3n) is 9.87. The first kappa shape index (κ1) is 25.0. The number of aromatic nitrogens is 2. The first-order valence-electron chi connectivity index (χ1n) is 23.6. The molecule has 3 heterocycles. The molecule has 0 bridgehead atoms. The molecular formula is C50H44IrN2O-2. The van der Waals surface area contributed by atoms with Crippen LogP contribution < -0.4 is 0 Å². The molecule has 0 aliphatic rings. The summed E-state index contributed by atoms with van der Waals surface area (Å²) >= 11 is 0. The zero-order valence-corrected chi connectivity index (χ0v) is 32.6. The summed E-state index contributed by atoms with van der Waals surface area (Å²) in [5.74, 6) is 0.646. The van der Waals surface area contributed by atoms with Crippen molar-refractivity contribution in [1.29, 1.82) is 0 Å². The standard InChI is InChI=1S/C37H32NO.C13H12N.Ir/c1-20(2)25-12-9-13-26(21(3)4)34(25)24-14-15-28-31-17-16-29-27-10-7-8-11-30(27)36-33(23(6)22(5)19-38-36)35(29)37(31)39-32(28)18-24;1-10-3-6-12(7-4-10)13-8-5-11(2)9-14-13;/h7-10,12-21H,1-6H3;3-6,8-9H,1-2H3;/q2*-1;/i5D3,6D3;1D3,2D3;. The van der Waals surface area contributed by atoms with Gasteiger partial charge in [0.25, 0.3) is 0 Å². The third kappa shape index (κ3) is 6.53. The minimum absolute atomic E-state index is 0. The maximum Gasteiger partial charge on any atom is 0.142 e. The maximum atomic E-state index is 8.52. The van der Waals surface area contributed by atoms with Gasteiger partial charge in [-0.25, -0.2) is 0 Å². The smallest absolute Gasteiger partial charge is 0.142 e. The zero-order chi connectivity index (χ0) is 47.0. The molecule has 271 valence electrons. The van der Waals surface area contributed by atoms with Crippen molar-refractivity contribution in [3.63, 3.8) is 0 Å². The van der Waals surface area contributed by atoms with Crippen molar-refractivity contribution in [2.24, 2.45) is 0 Å². The van der Waals surface area contributed by atoms with Crippen molar-refractivity contribution in [3.8, 4) is 22.4 Å². The van der Waals surface area contributed by atoms with Crippen LogP contribution in [0.2, 0.25) is 0 Å². The van der Waals surface area contributed by atoms with Gasteiger partial charge >= 0.3 is 0 Å². The fourth-order valence-electron chi connectivity index (χ4n) is 7.29. The number of fused-ring (bicyclic) bond motifs is 10. The van der Waals surface area contributed by atoms with Gasteiger partial charge in [-0.15, -0.1) is 65.0 Å². The van der Waals surface area contributed by atoms with E-state index < -0.39 is 27.4 Å². The Kier molecular flexibility index (Phi) is 6.92. The quantitative estimate of drug-likeness (QED) is 0.131. The monoisotopic (exact) mass is 893 g/mol. The second-order valence-electron chi connectivity index (χ2n) is 14.0. The van der Waals surface area contributed by atoms with Crippen molar-refractivity contribution in [1.82, 2.24) is 9.97 Å². The summed E-state index contributed by atoms with van der Waals surface area (Å²) in [5.41, 5.74) is 7.40. The van der Waals surface area contributed by atoms with E-state index in [4.69, 9.17) is 20.9 Å². The van der Waals surface area contributed by atoms with Crippen LogP contribution in [0.3, 0.4) is 0 Å². The first-order chi connectivity index (χ1) is 30.4. The molecule has 0 spiro atoms. The van der Waals surface area contributed by atoms with Gasteiger partial charge in [0.15, 0.2) is 0 Å². The Morgan fingerprint density at radius 3 is 2.13 bits per heavy atom. The van der Waals surface area contributed by atoms with Crippen LogP contribution in [0.15, 0.2) is 114 Å². The fourth-order valence-corrected chi connectivity index (χ4v) is 7.29. The molecule has 0 aliphatic heterocycles. The first-order valence-corrected chi connectivity index (χ1v) is 17.6. The van der Waals surface area contributed by atoms with Crippen LogP contribution in [0.1, 0.15) is 89.4 Å². The summed E-state index contributed by atoms with van der Waals surface area (Å²) in [5, 5.41) is 4.75. The molecule has 1 radical (unpaired) electrons. The molecule has 3 aromatic heterocycles. The molecule has 0 saturated heterocycles.